The molecule has 0 aromatic heterocycles. The van der Waals surface area contributed by atoms with E-state index in [4.69, 9.17) is 0 Å². The third kappa shape index (κ3) is 3.11. The normalized spacial score (nSPS) is 15.9. The van der Waals surface area contributed by atoms with E-state index in [-0.39, 0.29) is 0 Å². The molecule has 0 spiro atoms. The Bertz CT molecular complexity index is 229. The Hall–Kier alpha value is -0.890. The van der Waals surface area contributed by atoms with Gasteiger partial charge in [-0.2, -0.15) is 35.1 Å². The lowest BCUT2D eigenvalue weighted by Gasteiger charge is -2.16. The van der Waals surface area contributed by atoms with E-state index in [9.17, 15) is 39.5 Å². The fourth-order valence-electron chi connectivity index (χ4n) is 0.323. The predicted octanol–water partition coefficient (Wildman–Crippen LogP) is 3.60. The maximum Gasteiger partial charge on any atom is 0.457 e. The topological polar surface area (TPSA) is 0 Å². The minimum absolute atomic E-state index is 1.81. The van der Waals surface area contributed by atoms with Gasteiger partial charge < -0.3 is 0 Å². The molecule has 0 saturated carbocycles. The number of halogens is 9. The summed E-state index contributed by atoms with van der Waals surface area (Å²) in [5.74, 6) is -9.33. The lowest BCUT2D eigenvalue weighted by atomic mass is 10.3. The van der Waals surface area contributed by atoms with Gasteiger partial charge in [-0.05, 0) is 0 Å². The van der Waals surface area contributed by atoms with Gasteiger partial charge in [0.25, 0.3) is 0 Å². The first-order chi connectivity index (χ1) is 5.88. The average Bonchev–Trinajstić information content (AvgIpc) is 1.80. The van der Waals surface area contributed by atoms with Crippen LogP contribution >= 0.6 is 0 Å². The monoisotopic (exact) mass is 232 g/mol. The number of hydrogen-bond acceptors (Lipinski definition) is 0. The maximum atomic E-state index is 11.8. The van der Waals surface area contributed by atoms with E-state index in [1.54, 1.807) is 0 Å². The van der Waals surface area contributed by atoms with Crippen LogP contribution in [0, 0.1) is 0 Å². The van der Waals surface area contributed by atoms with E-state index in [0.29, 0.717) is 0 Å². The standard InChI is InChI=1S/C5HF9/c6-2(4(9,10)11)1-3(7,8)5(12,13)14/h1H/b2-1-. The summed E-state index contributed by atoms with van der Waals surface area (Å²) >= 11 is 0. The van der Waals surface area contributed by atoms with Gasteiger partial charge in [0.05, 0.1) is 0 Å². The largest absolute Gasteiger partial charge is 0.457 e. The van der Waals surface area contributed by atoms with Crippen LogP contribution in [0.15, 0.2) is 11.9 Å². The van der Waals surface area contributed by atoms with Crippen LogP contribution in [0.5, 0.6) is 0 Å². The average molecular weight is 232 g/mol. The second kappa shape index (κ2) is 3.35. The van der Waals surface area contributed by atoms with Crippen LogP contribution in [-0.4, -0.2) is 18.3 Å². The molecule has 0 atom stereocenters. The Labute approximate surface area is 71.0 Å². The summed E-state index contributed by atoms with van der Waals surface area (Å²) in [5.41, 5.74) is 0. The van der Waals surface area contributed by atoms with Crippen LogP contribution in [-0.2, 0) is 0 Å². The van der Waals surface area contributed by atoms with Crippen molar-refractivity contribution in [2.75, 3.05) is 0 Å². The number of allylic oxidation sites excluding steroid dienone is 2. The number of alkyl halides is 8. The Kier molecular flexibility index (Phi) is 3.14. The molecule has 14 heavy (non-hydrogen) atoms. The minimum Gasteiger partial charge on any atom is -0.202 e. The van der Waals surface area contributed by atoms with Crippen LogP contribution in [0.25, 0.3) is 0 Å². The number of rotatable bonds is 1. The van der Waals surface area contributed by atoms with Crippen LogP contribution in [0.2, 0.25) is 0 Å². The fraction of sp³-hybridized carbons (Fsp3) is 0.600. The first kappa shape index (κ1) is 13.1. The van der Waals surface area contributed by atoms with Crippen LogP contribution < -0.4 is 0 Å². The predicted molar refractivity (Wildman–Crippen MR) is 26.2 cm³/mol. The van der Waals surface area contributed by atoms with Crippen LogP contribution in [0.4, 0.5) is 39.5 Å². The zero-order valence-corrected chi connectivity index (χ0v) is 5.98. The van der Waals surface area contributed by atoms with E-state index in [1.165, 1.54) is 0 Å². The molecule has 0 unspecified atom stereocenters. The molecule has 84 valence electrons. The van der Waals surface area contributed by atoms with Crippen LogP contribution in [0.1, 0.15) is 0 Å². The zero-order valence-electron chi connectivity index (χ0n) is 5.98. The third-order valence-electron chi connectivity index (χ3n) is 0.957. The summed E-state index contributed by atoms with van der Waals surface area (Å²) < 4.78 is 103. The molecule has 0 nitrogen and oxygen atoms in total. The molecule has 0 rings (SSSR count). The summed E-state index contributed by atoms with van der Waals surface area (Å²) in [5, 5.41) is 0. The van der Waals surface area contributed by atoms with Gasteiger partial charge in [0.1, 0.15) is 0 Å². The Morgan fingerprint density at radius 1 is 0.786 bits per heavy atom. The zero-order chi connectivity index (χ0) is 11.8. The van der Waals surface area contributed by atoms with Crippen LogP contribution in [0.3, 0.4) is 0 Å². The molecule has 9 heteroatoms. The highest BCUT2D eigenvalue weighted by Gasteiger charge is 2.57. The summed E-state index contributed by atoms with van der Waals surface area (Å²) in [6, 6.07) is 0. The molecule has 0 aliphatic carbocycles. The fourth-order valence-corrected chi connectivity index (χ4v) is 0.323. The SMILES string of the molecule is F/C(=C\C(F)(F)C(F)(F)F)C(F)(F)F. The lowest BCUT2D eigenvalue weighted by Crippen LogP contribution is -2.35. The molecule has 0 amide bonds. The first-order valence-electron chi connectivity index (χ1n) is 2.78. The first-order valence-corrected chi connectivity index (χ1v) is 2.78. The summed E-state index contributed by atoms with van der Waals surface area (Å²) in [6.45, 7) is 0. The van der Waals surface area contributed by atoms with E-state index < -0.39 is 30.2 Å². The van der Waals surface area contributed by atoms with Crippen molar-refractivity contribution in [1.29, 1.82) is 0 Å². The van der Waals surface area contributed by atoms with E-state index >= 15 is 0 Å². The Morgan fingerprint density at radius 3 is 1.36 bits per heavy atom. The smallest absolute Gasteiger partial charge is 0.202 e. The van der Waals surface area contributed by atoms with Gasteiger partial charge in [-0.15, -0.1) is 0 Å². The minimum atomic E-state index is -6.25. The van der Waals surface area contributed by atoms with Gasteiger partial charge in [0.2, 0.25) is 5.83 Å². The highest BCUT2D eigenvalue weighted by Crippen LogP contribution is 2.39. The molecule has 0 N–H and O–H groups in total. The van der Waals surface area contributed by atoms with Crippen molar-refractivity contribution >= 4 is 0 Å². The molecule has 0 radical (unpaired) electrons. The van der Waals surface area contributed by atoms with Gasteiger partial charge in [-0.25, -0.2) is 4.39 Å². The van der Waals surface area contributed by atoms with Gasteiger partial charge >= 0.3 is 18.3 Å². The van der Waals surface area contributed by atoms with E-state index in [2.05, 4.69) is 0 Å². The highest BCUT2D eigenvalue weighted by atomic mass is 19.4. The Balaban J connectivity index is 5.00. The van der Waals surface area contributed by atoms with Gasteiger partial charge in [0, 0.05) is 6.08 Å². The molecule has 0 saturated heterocycles. The van der Waals surface area contributed by atoms with Crippen molar-refractivity contribution in [2.24, 2.45) is 0 Å². The maximum absolute atomic E-state index is 11.8. The van der Waals surface area contributed by atoms with Gasteiger partial charge in [-0.1, -0.05) is 0 Å². The molecule has 0 aromatic carbocycles. The highest BCUT2D eigenvalue weighted by molar-refractivity contribution is 5.08. The van der Waals surface area contributed by atoms with E-state index in [1.807, 2.05) is 0 Å². The summed E-state index contributed by atoms with van der Waals surface area (Å²) in [6.07, 6.45) is -13.9. The Morgan fingerprint density at radius 2 is 1.14 bits per heavy atom. The van der Waals surface area contributed by atoms with Crippen molar-refractivity contribution in [3.8, 4) is 0 Å². The van der Waals surface area contributed by atoms with E-state index in [0.717, 1.165) is 0 Å². The van der Waals surface area contributed by atoms with Crippen molar-refractivity contribution < 1.29 is 39.5 Å². The lowest BCUT2D eigenvalue weighted by molar-refractivity contribution is -0.260. The molecule has 0 aliphatic rings. The van der Waals surface area contributed by atoms with Crippen molar-refractivity contribution in [3.63, 3.8) is 0 Å². The van der Waals surface area contributed by atoms with Gasteiger partial charge in [-0.3, -0.25) is 0 Å². The molecule has 0 fully saturated rings. The summed E-state index contributed by atoms with van der Waals surface area (Å²) in [7, 11) is 0. The number of hydrogen-bond donors (Lipinski definition) is 0. The van der Waals surface area contributed by atoms with Crippen molar-refractivity contribution in [3.05, 3.63) is 11.9 Å². The molecule has 0 bridgehead atoms. The summed E-state index contributed by atoms with van der Waals surface area (Å²) in [4.78, 5) is 0. The molecule has 0 aliphatic heterocycles. The molecule has 0 heterocycles. The van der Waals surface area contributed by atoms with Gasteiger partial charge in [0.15, 0.2) is 0 Å². The van der Waals surface area contributed by atoms with Crippen molar-refractivity contribution in [2.45, 2.75) is 18.3 Å². The molecular formula is C5HF9. The molecular weight excluding hydrogens is 231 g/mol. The quantitative estimate of drug-likeness (QED) is 0.606. The third-order valence-corrected chi connectivity index (χ3v) is 0.957. The second-order valence-corrected chi connectivity index (χ2v) is 2.11. The second-order valence-electron chi connectivity index (χ2n) is 2.11. The molecule has 0 aromatic rings. The van der Waals surface area contributed by atoms with Crippen molar-refractivity contribution in [1.82, 2.24) is 0 Å².